The fourth-order valence-corrected chi connectivity index (χ4v) is 2.43. The van der Waals surface area contributed by atoms with Gasteiger partial charge in [0.05, 0.1) is 17.4 Å². The fraction of sp³-hybridized carbons (Fsp3) is 0.167. The number of non-ortho nitro benzene ring substituents is 1. The maximum Gasteiger partial charge on any atom is 0.305 e. The highest BCUT2D eigenvalue weighted by Gasteiger charge is 2.21. The van der Waals surface area contributed by atoms with E-state index in [0.717, 1.165) is 0 Å². The molecule has 0 spiro atoms. The van der Waals surface area contributed by atoms with Gasteiger partial charge in [-0.2, -0.15) is 0 Å². The van der Waals surface area contributed by atoms with Crippen molar-refractivity contribution in [1.82, 2.24) is 5.32 Å². The summed E-state index contributed by atoms with van der Waals surface area (Å²) < 4.78 is 0. The summed E-state index contributed by atoms with van der Waals surface area (Å²) in [5.74, 6) is -1.95. The van der Waals surface area contributed by atoms with Crippen LogP contribution in [0.3, 0.4) is 0 Å². The Morgan fingerprint density at radius 3 is 2.37 bits per heavy atom. The zero-order valence-corrected chi connectivity index (χ0v) is 14.3. The van der Waals surface area contributed by atoms with Crippen LogP contribution in [0.15, 0.2) is 48.5 Å². The number of carbonyl (C=O) groups excluding carboxylic acids is 2. The van der Waals surface area contributed by atoms with Crippen molar-refractivity contribution in [1.29, 1.82) is 0 Å². The summed E-state index contributed by atoms with van der Waals surface area (Å²) in [4.78, 5) is 44.9. The molecule has 27 heavy (non-hydrogen) atoms. The molecule has 2 aromatic rings. The Hall–Kier alpha value is -3.75. The first kappa shape index (κ1) is 19.6. The van der Waals surface area contributed by atoms with Crippen LogP contribution in [0.2, 0.25) is 0 Å². The van der Waals surface area contributed by atoms with Crippen molar-refractivity contribution in [2.24, 2.45) is 0 Å². The molecule has 0 saturated carbocycles. The van der Waals surface area contributed by atoms with Gasteiger partial charge in [0, 0.05) is 30.3 Å². The van der Waals surface area contributed by atoms with Crippen molar-refractivity contribution >= 4 is 29.2 Å². The van der Waals surface area contributed by atoms with Crippen LogP contribution in [-0.2, 0) is 9.59 Å². The summed E-state index contributed by atoms with van der Waals surface area (Å²) in [5, 5.41) is 25.2. The van der Waals surface area contributed by atoms with E-state index in [-0.39, 0.29) is 17.2 Å². The zero-order valence-electron chi connectivity index (χ0n) is 14.3. The number of aliphatic carboxylic acids is 1. The van der Waals surface area contributed by atoms with Gasteiger partial charge in [-0.05, 0) is 29.8 Å². The Morgan fingerprint density at radius 1 is 1.15 bits per heavy atom. The van der Waals surface area contributed by atoms with Crippen LogP contribution >= 0.6 is 0 Å². The molecule has 140 valence electrons. The van der Waals surface area contributed by atoms with E-state index in [1.807, 2.05) is 0 Å². The number of benzene rings is 2. The first-order chi connectivity index (χ1) is 12.8. The number of amides is 2. The Kier molecular flexibility index (Phi) is 6.21. The minimum atomic E-state index is -1.16. The minimum Gasteiger partial charge on any atom is -0.481 e. The highest BCUT2D eigenvalue weighted by Crippen LogP contribution is 2.22. The van der Waals surface area contributed by atoms with E-state index in [1.165, 1.54) is 55.5 Å². The van der Waals surface area contributed by atoms with E-state index in [1.54, 1.807) is 0 Å². The van der Waals surface area contributed by atoms with Crippen LogP contribution in [-0.4, -0.2) is 27.8 Å². The highest BCUT2D eigenvalue weighted by atomic mass is 16.6. The molecule has 0 aromatic heterocycles. The van der Waals surface area contributed by atoms with Crippen molar-refractivity contribution in [2.75, 3.05) is 5.32 Å². The minimum absolute atomic E-state index is 0.197. The van der Waals surface area contributed by atoms with Gasteiger partial charge in [-0.25, -0.2) is 0 Å². The molecular weight excluding hydrogens is 354 g/mol. The monoisotopic (exact) mass is 371 g/mol. The molecule has 0 heterocycles. The average molecular weight is 371 g/mol. The average Bonchev–Trinajstić information content (AvgIpc) is 2.61. The number of anilines is 1. The van der Waals surface area contributed by atoms with Crippen molar-refractivity contribution in [3.8, 4) is 0 Å². The van der Waals surface area contributed by atoms with Gasteiger partial charge in [0.25, 0.3) is 11.6 Å². The number of carboxylic acids is 1. The lowest BCUT2D eigenvalue weighted by Crippen LogP contribution is -2.30. The van der Waals surface area contributed by atoms with Crippen molar-refractivity contribution < 1.29 is 24.4 Å². The largest absolute Gasteiger partial charge is 0.481 e. The number of nitro groups is 1. The Morgan fingerprint density at radius 2 is 1.81 bits per heavy atom. The van der Waals surface area contributed by atoms with Gasteiger partial charge in [-0.1, -0.05) is 12.1 Å². The molecule has 0 saturated heterocycles. The van der Waals surface area contributed by atoms with Gasteiger partial charge in [0.2, 0.25) is 5.91 Å². The number of hydrogen-bond acceptors (Lipinski definition) is 5. The quantitative estimate of drug-likeness (QED) is 0.505. The van der Waals surface area contributed by atoms with Crippen LogP contribution in [0.1, 0.15) is 35.3 Å². The summed E-state index contributed by atoms with van der Waals surface area (Å²) in [5.41, 5.74) is 0.886. The van der Waals surface area contributed by atoms with Crippen molar-refractivity contribution in [3.05, 3.63) is 69.8 Å². The van der Waals surface area contributed by atoms with Gasteiger partial charge < -0.3 is 15.7 Å². The summed E-state index contributed by atoms with van der Waals surface area (Å²) in [7, 11) is 0. The third-order valence-electron chi connectivity index (χ3n) is 3.63. The number of carboxylic acid groups (broad SMARTS) is 1. The highest BCUT2D eigenvalue weighted by molar-refractivity contribution is 5.96. The van der Waals surface area contributed by atoms with Crippen molar-refractivity contribution in [3.63, 3.8) is 0 Å². The molecular formula is C18H17N3O6. The maximum absolute atomic E-state index is 12.4. The molecule has 0 aliphatic heterocycles. The summed E-state index contributed by atoms with van der Waals surface area (Å²) in [6.07, 6.45) is -0.434. The second kappa shape index (κ2) is 8.56. The molecule has 9 heteroatoms. The molecule has 0 fully saturated rings. The predicted octanol–water partition coefficient (Wildman–Crippen LogP) is 2.50. The van der Waals surface area contributed by atoms with Crippen LogP contribution in [0, 0.1) is 10.1 Å². The van der Waals surface area contributed by atoms with Crippen LogP contribution < -0.4 is 10.6 Å². The van der Waals surface area contributed by atoms with E-state index in [0.29, 0.717) is 11.3 Å². The number of nitrogens with zero attached hydrogens (tertiary/aromatic N) is 1. The fourth-order valence-electron chi connectivity index (χ4n) is 2.43. The number of hydrogen-bond donors (Lipinski definition) is 3. The summed E-state index contributed by atoms with van der Waals surface area (Å²) >= 11 is 0. The van der Waals surface area contributed by atoms with Gasteiger partial charge in [0.1, 0.15) is 0 Å². The van der Waals surface area contributed by atoms with E-state index in [4.69, 9.17) is 5.11 Å². The molecule has 3 N–H and O–H groups in total. The molecule has 0 aliphatic rings. The smallest absolute Gasteiger partial charge is 0.305 e. The Bertz CT molecular complexity index is 879. The molecule has 2 amide bonds. The normalized spacial score (nSPS) is 11.3. The summed E-state index contributed by atoms with van der Waals surface area (Å²) in [6, 6.07) is 10.5. The number of nitro benzene ring substituents is 1. The van der Waals surface area contributed by atoms with Gasteiger partial charge >= 0.3 is 5.97 Å². The number of rotatable bonds is 7. The molecule has 0 radical (unpaired) electrons. The second-order valence-corrected chi connectivity index (χ2v) is 5.73. The van der Waals surface area contributed by atoms with Crippen LogP contribution in [0.5, 0.6) is 0 Å². The standard InChI is InChI=1S/C18H17N3O6/c1-11(22)19-14-7-5-12(6-8-14)18(25)20-16(10-17(23)24)13-3-2-4-15(9-13)21(26)27/h2-9,16H,10H2,1H3,(H,19,22)(H,20,25)(H,23,24)/t16-/m0/s1. The molecule has 1 atom stereocenters. The first-order valence-electron chi connectivity index (χ1n) is 7.91. The first-order valence-corrected chi connectivity index (χ1v) is 7.91. The topological polar surface area (TPSA) is 139 Å². The van der Waals surface area contributed by atoms with Gasteiger partial charge in [0.15, 0.2) is 0 Å². The van der Waals surface area contributed by atoms with Crippen LogP contribution in [0.25, 0.3) is 0 Å². The van der Waals surface area contributed by atoms with Gasteiger partial charge in [-0.3, -0.25) is 24.5 Å². The van der Waals surface area contributed by atoms with E-state index >= 15 is 0 Å². The predicted molar refractivity (Wildman–Crippen MR) is 96.3 cm³/mol. The second-order valence-electron chi connectivity index (χ2n) is 5.73. The lowest BCUT2D eigenvalue weighted by atomic mass is 10.0. The number of nitrogens with one attached hydrogen (secondary N) is 2. The third kappa shape index (κ3) is 5.63. The molecule has 2 rings (SSSR count). The Balaban J connectivity index is 2.21. The van der Waals surface area contributed by atoms with E-state index in [2.05, 4.69) is 10.6 Å². The Labute approximate surface area is 154 Å². The van der Waals surface area contributed by atoms with Crippen LogP contribution in [0.4, 0.5) is 11.4 Å². The molecule has 0 unspecified atom stereocenters. The molecule has 0 bridgehead atoms. The van der Waals surface area contributed by atoms with E-state index < -0.39 is 29.3 Å². The SMILES string of the molecule is CC(=O)Nc1ccc(C(=O)N[C@@H](CC(=O)O)c2cccc([N+](=O)[O-])c2)cc1. The lowest BCUT2D eigenvalue weighted by Gasteiger charge is -2.17. The molecule has 0 aliphatic carbocycles. The number of carbonyl (C=O) groups is 3. The van der Waals surface area contributed by atoms with E-state index in [9.17, 15) is 24.5 Å². The van der Waals surface area contributed by atoms with Crippen molar-refractivity contribution in [2.45, 2.75) is 19.4 Å². The molecule has 2 aromatic carbocycles. The lowest BCUT2D eigenvalue weighted by molar-refractivity contribution is -0.384. The summed E-state index contributed by atoms with van der Waals surface area (Å²) in [6.45, 7) is 1.36. The van der Waals surface area contributed by atoms with Gasteiger partial charge in [-0.15, -0.1) is 0 Å². The molecule has 9 nitrogen and oxygen atoms in total. The maximum atomic E-state index is 12.4. The zero-order chi connectivity index (χ0) is 20.0. The third-order valence-corrected chi connectivity index (χ3v) is 3.63.